The first kappa shape index (κ1) is 21.2. The number of nitrogens with one attached hydrogen (secondary N) is 1. The predicted octanol–water partition coefficient (Wildman–Crippen LogP) is 2.93. The van der Waals surface area contributed by atoms with E-state index < -0.39 is 17.4 Å². The second kappa shape index (κ2) is 8.45. The van der Waals surface area contributed by atoms with E-state index in [0.29, 0.717) is 24.5 Å². The van der Waals surface area contributed by atoms with Crippen LogP contribution < -0.4 is 15.8 Å². The van der Waals surface area contributed by atoms with Crippen molar-refractivity contribution >= 4 is 22.8 Å². The van der Waals surface area contributed by atoms with Crippen LogP contribution in [0.2, 0.25) is 0 Å². The molecule has 3 rings (SSSR count). The van der Waals surface area contributed by atoms with Crippen molar-refractivity contribution in [3.05, 3.63) is 30.0 Å². The molecule has 1 aliphatic rings. The van der Waals surface area contributed by atoms with Crippen LogP contribution in [-0.2, 0) is 4.79 Å². The van der Waals surface area contributed by atoms with Crippen LogP contribution in [0.5, 0.6) is 5.75 Å². The van der Waals surface area contributed by atoms with Crippen molar-refractivity contribution in [3.8, 4) is 5.75 Å². The van der Waals surface area contributed by atoms with Crippen molar-refractivity contribution in [2.75, 3.05) is 19.7 Å². The molecule has 1 fully saturated rings. The molecule has 1 aromatic heterocycles. The molecule has 0 aliphatic carbocycles. The SMILES string of the molecule is CC1CCCN1C(=O)C(NC(=O)c1cc2ccc(OCCN)cc2o1)C(C)(C)C. The smallest absolute Gasteiger partial charge is 0.287 e. The Morgan fingerprint density at radius 2 is 2.10 bits per heavy atom. The number of likely N-dealkylation sites (tertiary alicyclic amines) is 1. The van der Waals surface area contributed by atoms with Crippen LogP contribution in [0, 0.1) is 5.41 Å². The molecule has 3 N–H and O–H groups in total. The lowest BCUT2D eigenvalue weighted by Gasteiger charge is -2.34. The molecule has 158 valence electrons. The zero-order valence-electron chi connectivity index (χ0n) is 17.7. The Morgan fingerprint density at radius 3 is 2.72 bits per heavy atom. The molecule has 1 aromatic carbocycles. The maximum Gasteiger partial charge on any atom is 0.287 e. The van der Waals surface area contributed by atoms with Gasteiger partial charge in [0.15, 0.2) is 5.76 Å². The third-order valence-electron chi connectivity index (χ3n) is 5.33. The normalized spacial score (nSPS) is 18.1. The number of rotatable bonds is 6. The molecule has 7 nitrogen and oxygen atoms in total. The van der Waals surface area contributed by atoms with Crippen LogP contribution in [0.1, 0.15) is 51.1 Å². The molecule has 1 saturated heterocycles. The maximum absolute atomic E-state index is 13.1. The van der Waals surface area contributed by atoms with Gasteiger partial charge >= 0.3 is 0 Å². The summed E-state index contributed by atoms with van der Waals surface area (Å²) in [5.41, 5.74) is 5.59. The van der Waals surface area contributed by atoms with Crippen molar-refractivity contribution in [3.63, 3.8) is 0 Å². The first-order chi connectivity index (χ1) is 13.7. The number of hydrogen-bond donors (Lipinski definition) is 2. The fourth-order valence-corrected chi connectivity index (χ4v) is 3.67. The summed E-state index contributed by atoms with van der Waals surface area (Å²) in [7, 11) is 0. The van der Waals surface area contributed by atoms with Crippen LogP contribution >= 0.6 is 0 Å². The highest BCUT2D eigenvalue weighted by Gasteiger charge is 2.38. The number of nitrogens with zero attached hydrogens (tertiary/aromatic N) is 1. The van der Waals surface area contributed by atoms with Gasteiger partial charge in [-0.3, -0.25) is 9.59 Å². The highest BCUT2D eigenvalue weighted by molar-refractivity contribution is 5.99. The summed E-state index contributed by atoms with van der Waals surface area (Å²) in [4.78, 5) is 27.9. The monoisotopic (exact) mass is 401 g/mol. The van der Waals surface area contributed by atoms with E-state index in [0.717, 1.165) is 24.8 Å². The van der Waals surface area contributed by atoms with Crippen molar-refractivity contribution in [2.45, 2.75) is 52.6 Å². The van der Waals surface area contributed by atoms with Gasteiger partial charge in [-0.25, -0.2) is 0 Å². The lowest BCUT2D eigenvalue weighted by Crippen LogP contribution is -2.55. The van der Waals surface area contributed by atoms with E-state index in [1.54, 1.807) is 12.1 Å². The van der Waals surface area contributed by atoms with Gasteiger partial charge in [0.1, 0.15) is 24.0 Å². The fraction of sp³-hybridized carbons (Fsp3) is 0.545. The molecule has 2 heterocycles. The van der Waals surface area contributed by atoms with E-state index in [1.807, 2.05) is 37.8 Å². The van der Waals surface area contributed by atoms with Crippen molar-refractivity contribution in [2.24, 2.45) is 11.1 Å². The molecule has 7 heteroatoms. The summed E-state index contributed by atoms with van der Waals surface area (Å²) in [5.74, 6) is 0.373. The minimum atomic E-state index is -0.632. The standard InChI is InChI=1S/C22H31N3O4/c1-14-6-5-10-25(14)21(27)19(22(2,3)4)24-20(26)18-12-15-7-8-16(28-11-9-23)13-17(15)29-18/h7-8,12-14,19H,5-6,9-11,23H2,1-4H3,(H,24,26). The molecule has 0 bridgehead atoms. The second-order valence-corrected chi connectivity index (χ2v) is 8.74. The highest BCUT2D eigenvalue weighted by atomic mass is 16.5. The molecular weight excluding hydrogens is 370 g/mol. The number of carbonyl (C=O) groups is 2. The molecule has 29 heavy (non-hydrogen) atoms. The Balaban J connectivity index is 1.79. The maximum atomic E-state index is 13.1. The molecule has 2 atom stereocenters. The Labute approximate surface area is 171 Å². The van der Waals surface area contributed by atoms with Gasteiger partial charge in [-0.2, -0.15) is 0 Å². The molecule has 0 saturated carbocycles. The molecule has 0 spiro atoms. The Kier molecular flexibility index (Phi) is 6.17. The number of carbonyl (C=O) groups excluding carboxylic acids is 2. The first-order valence-electron chi connectivity index (χ1n) is 10.2. The van der Waals surface area contributed by atoms with E-state index >= 15 is 0 Å². The zero-order valence-corrected chi connectivity index (χ0v) is 17.7. The van der Waals surface area contributed by atoms with Gasteiger partial charge < -0.3 is 25.1 Å². The van der Waals surface area contributed by atoms with Gasteiger partial charge in [0, 0.05) is 30.6 Å². The number of nitrogens with two attached hydrogens (primary N) is 1. The van der Waals surface area contributed by atoms with Crippen LogP contribution in [0.25, 0.3) is 11.0 Å². The quantitative estimate of drug-likeness (QED) is 0.776. The highest BCUT2D eigenvalue weighted by Crippen LogP contribution is 2.27. The van der Waals surface area contributed by atoms with Gasteiger partial charge in [-0.15, -0.1) is 0 Å². The lowest BCUT2D eigenvalue weighted by atomic mass is 9.85. The third-order valence-corrected chi connectivity index (χ3v) is 5.33. The molecule has 1 aliphatic heterocycles. The minimum Gasteiger partial charge on any atom is -0.492 e. The summed E-state index contributed by atoms with van der Waals surface area (Å²) >= 11 is 0. The molecule has 0 radical (unpaired) electrons. The number of hydrogen-bond acceptors (Lipinski definition) is 5. The van der Waals surface area contributed by atoms with E-state index in [2.05, 4.69) is 12.2 Å². The van der Waals surface area contributed by atoms with Crippen molar-refractivity contribution in [1.82, 2.24) is 10.2 Å². The molecule has 2 unspecified atom stereocenters. The number of benzene rings is 1. The largest absolute Gasteiger partial charge is 0.492 e. The topological polar surface area (TPSA) is 97.8 Å². The van der Waals surface area contributed by atoms with E-state index in [1.165, 1.54) is 0 Å². The molecule has 2 aromatic rings. The van der Waals surface area contributed by atoms with E-state index in [4.69, 9.17) is 14.9 Å². The lowest BCUT2D eigenvalue weighted by molar-refractivity contribution is -0.136. The van der Waals surface area contributed by atoms with Crippen LogP contribution in [0.4, 0.5) is 0 Å². The number of amides is 2. The predicted molar refractivity (Wildman–Crippen MR) is 112 cm³/mol. The minimum absolute atomic E-state index is 0.0376. The summed E-state index contributed by atoms with van der Waals surface area (Å²) < 4.78 is 11.2. The van der Waals surface area contributed by atoms with E-state index in [-0.39, 0.29) is 17.7 Å². The summed E-state index contributed by atoms with van der Waals surface area (Å²) in [6.45, 7) is 9.48. The van der Waals surface area contributed by atoms with Gasteiger partial charge in [0.2, 0.25) is 5.91 Å². The average molecular weight is 402 g/mol. The Bertz CT molecular complexity index is 884. The summed E-state index contributed by atoms with van der Waals surface area (Å²) in [6, 6.07) is 6.63. The van der Waals surface area contributed by atoms with Gasteiger partial charge in [-0.1, -0.05) is 20.8 Å². The van der Waals surface area contributed by atoms with E-state index in [9.17, 15) is 9.59 Å². The number of fused-ring (bicyclic) bond motifs is 1. The van der Waals surface area contributed by atoms with Gasteiger partial charge in [0.25, 0.3) is 5.91 Å². The van der Waals surface area contributed by atoms with Crippen LogP contribution in [0.3, 0.4) is 0 Å². The van der Waals surface area contributed by atoms with Gasteiger partial charge in [0.05, 0.1) is 0 Å². The molecule has 2 amide bonds. The van der Waals surface area contributed by atoms with Gasteiger partial charge in [-0.05, 0) is 43.4 Å². The Hall–Kier alpha value is -2.54. The Morgan fingerprint density at radius 1 is 1.34 bits per heavy atom. The molecular formula is C22H31N3O4. The van der Waals surface area contributed by atoms with Crippen molar-refractivity contribution in [1.29, 1.82) is 0 Å². The average Bonchev–Trinajstić information content (AvgIpc) is 3.28. The number of ether oxygens (including phenoxy) is 1. The first-order valence-corrected chi connectivity index (χ1v) is 10.2. The number of furan rings is 1. The summed E-state index contributed by atoms with van der Waals surface area (Å²) in [6.07, 6.45) is 1.99. The van der Waals surface area contributed by atoms with Crippen molar-refractivity contribution < 1.29 is 18.7 Å². The summed E-state index contributed by atoms with van der Waals surface area (Å²) in [5, 5.41) is 3.70. The zero-order chi connectivity index (χ0) is 21.2. The van der Waals surface area contributed by atoms with Crippen LogP contribution in [0.15, 0.2) is 28.7 Å². The third kappa shape index (κ3) is 4.72. The van der Waals surface area contributed by atoms with Crippen LogP contribution in [-0.4, -0.2) is 48.5 Å². The second-order valence-electron chi connectivity index (χ2n) is 8.74. The fourth-order valence-electron chi connectivity index (χ4n) is 3.67.